The van der Waals surface area contributed by atoms with E-state index < -0.39 is 5.54 Å². The number of benzene rings is 2. The van der Waals surface area contributed by atoms with Gasteiger partial charge in [-0.2, -0.15) is 0 Å². The van der Waals surface area contributed by atoms with Gasteiger partial charge in [-0.1, -0.05) is 67.9 Å². The molecule has 0 fully saturated rings. The number of hydrogen-bond acceptors (Lipinski definition) is 1. The maximum absolute atomic E-state index is 6.61. The summed E-state index contributed by atoms with van der Waals surface area (Å²) in [7, 11) is 0. The molecule has 0 aliphatic rings. The molecule has 1 atom stereocenters. The Labute approximate surface area is 122 Å². The monoisotopic (exact) mass is 267 g/mol. The average Bonchev–Trinajstić information content (AvgIpc) is 2.39. The van der Waals surface area contributed by atoms with Crippen LogP contribution in [0.25, 0.3) is 0 Å². The van der Waals surface area contributed by atoms with Crippen molar-refractivity contribution in [2.24, 2.45) is 11.7 Å². The molecule has 0 amide bonds. The Bertz CT molecular complexity index is 565. The van der Waals surface area contributed by atoms with Gasteiger partial charge in [0.25, 0.3) is 0 Å². The molecule has 0 saturated carbocycles. The van der Waals surface area contributed by atoms with Gasteiger partial charge in [0.05, 0.1) is 5.54 Å². The Morgan fingerprint density at radius 1 is 1.00 bits per heavy atom. The molecule has 2 aromatic carbocycles. The largest absolute Gasteiger partial charge is 0.318 e. The van der Waals surface area contributed by atoms with Crippen molar-refractivity contribution in [2.75, 3.05) is 0 Å². The van der Waals surface area contributed by atoms with E-state index in [9.17, 15) is 0 Å². The first kappa shape index (κ1) is 14.8. The van der Waals surface area contributed by atoms with Gasteiger partial charge >= 0.3 is 0 Å². The van der Waals surface area contributed by atoms with Crippen LogP contribution in [0.2, 0.25) is 0 Å². The second-order valence-corrected chi connectivity index (χ2v) is 6.37. The highest BCUT2D eigenvalue weighted by Crippen LogP contribution is 2.27. The van der Waals surface area contributed by atoms with Crippen LogP contribution >= 0.6 is 0 Å². The summed E-state index contributed by atoms with van der Waals surface area (Å²) in [5.74, 6) is 0.661. The molecular formula is C19H25N. The second kappa shape index (κ2) is 5.80. The second-order valence-electron chi connectivity index (χ2n) is 6.37. The minimum atomic E-state index is -0.444. The quantitative estimate of drug-likeness (QED) is 0.872. The van der Waals surface area contributed by atoms with Crippen molar-refractivity contribution in [1.82, 2.24) is 0 Å². The zero-order valence-corrected chi connectivity index (χ0v) is 13.0. The van der Waals surface area contributed by atoms with Gasteiger partial charge in [-0.25, -0.2) is 0 Å². The van der Waals surface area contributed by atoms with Crippen LogP contribution in [0, 0.1) is 12.8 Å². The van der Waals surface area contributed by atoms with E-state index in [-0.39, 0.29) is 0 Å². The molecule has 2 rings (SSSR count). The summed E-state index contributed by atoms with van der Waals surface area (Å²) in [5.41, 5.74) is 11.1. The molecule has 2 N–H and O–H groups in total. The lowest BCUT2D eigenvalue weighted by Crippen LogP contribution is -2.34. The summed E-state index contributed by atoms with van der Waals surface area (Å²) in [6, 6.07) is 17.2. The molecule has 1 heteroatoms. The van der Waals surface area contributed by atoms with Crippen LogP contribution in [0.1, 0.15) is 43.0 Å². The topological polar surface area (TPSA) is 26.0 Å². The van der Waals surface area contributed by atoms with E-state index in [1.54, 1.807) is 0 Å². The van der Waals surface area contributed by atoms with Gasteiger partial charge in [-0.15, -0.1) is 0 Å². The molecule has 0 aliphatic carbocycles. The highest BCUT2D eigenvalue weighted by atomic mass is 14.7. The average molecular weight is 267 g/mol. The molecule has 0 aliphatic heterocycles. The molecular weight excluding hydrogens is 242 g/mol. The summed E-state index contributed by atoms with van der Waals surface area (Å²) >= 11 is 0. The van der Waals surface area contributed by atoms with Crippen LogP contribution in [0.4, 0.5) is 0 Å². The van der Waals surface area contributed by atoms with Crippen LogP contribution in [0.3, 0.4) is 0 Å². The van der Waals surface area contributed by atoms with E-state index in [1.807, 2.05) is 0 Å². The Morgan fingerprint density at radius 3 is 2.25 bits per heavy atom. The van der Waals surface area contributed by atoms with Crippen molar-refractivity contribution >= 4 is 0 Å². The van der Waals surface area contributed by atoms with Crippen molar-refractivity contribution in [3.8, 4) is 0 Å². The van der Waals surface area contributed by atoms with Gasteiger partial charge in [0.15, 0.2) is 0 Å². The number of rotatable bonds is 4. The zero-order chi connectivity index (χ0) is 14.8. The van der Waals surface area contributed by atoms with Crippen LogP contribution in [-0.4, -0.2) is 0 Å². The van der Waals surface area contributed by atoms with Crippen molar-refractivity contribution in [1.29, 1.82) is 0 Å². The SMILES string of the molecule is Cc1ccc(C(C)(N)c2cccc(CC(C)C)c2)cc1. The van der Waals surface area contributed by atoms with Crippen molar-refractivity contribution < 1.29 is 0 Å². The molecule has 106 valence electrons. The Balaban J connectivity index is 2.35. The highest BCUT2D eigenvalue weighted by molar-refractivity contribution is 5.39. The van der Waals surface area contributed by atoms with Crippen LogP contribution in [-0.2, 0) is 12.0 Å². The Hall–Kier alpha value is -1.60. The molecule has 0 saturated heterocycles. The standard InChI is InChI=1S/C19H25N/c1-14(2)12-16-6-5-7-18(13-16)19(4,20)17-10-8-15(3)9-11-17/h5-11,13-14H,12,20H2,1-4H3. The molecule has 2 aromatic rings. The van der Waals surface area contributed by atoms with Crippen LogP contribution < -0.4 is 5.73 Å². The van der Waals surface area contributed by atoms with Crippen molar-refractivity contribution in [3.05, 3.63) is 70.8 Å². The number of aryl methyl sites for hydroxylation is 1. The number of hydrogen-bond donors (Lipinski definition) is 1. The molecule has 0 heterocycles. The molecule has 1 unspecified atom stereocenters. The summed E-state index contributed by atoms with van der Waals surface area (Å²) in [6.45, 7) is 8.68. The lowest BCUT2D eigenvalue weighted by molar-refractivity contribution is 0.598. The number of nitrogens with two attached hydrogens (primary N) is 1. The van der Waals surface area contributed by atoms with E-state index in [0.29, 0.717) is 5.92 Å². The van der Waals surface area contributed by atoms with Crippen molar-refractivity contribution in [3.63, 3.8) is 0 Å². The first-order valence-corrected chi connectivity index (χ1v) is 7.35. The van der Waals surface area contributed by atoms with Gasteiger partial charge in [0.2, 0.25) is 0 Å². The van der Waals surface area contributed by atoms with E-state index in [0.717, 1.165) is 12.0 Å². The minimum Gasteiger partial charge on any atom is -0.318 e. The van der Waals surface area contributed by atoms with E-state index in [2.05, 4.69) is 76.2 Å². The van der Waals surface area contributed by atoms with Crippen molar-refractivity contribution in [2.45, 2.75) is 39.7 Å². The first-order valence-electron chi connectivity index (χ1n) is 7.35. The lowest BCUT2D eigenvalue weighted by atomic mass is 9.84. The van der Waals surface area contributed by atoms with E-state index >= 15 is 0 Å². The summed E-state index contributed by atoms with van der Waals surface area (Å²) in [4.78, 5) is 0. The zero-order valence-electron chi connectivity index (χ0n) is 13.0. The fourth-order valence-electron chi connectivity index (χ4n) is 2.56. The van der Waals surface area contributed by atoms with Crippen LogP contribution in [0.5, 0.6) is 0 Å². The molecule has 20 heavy (non-hydrogen) atoms. The summed E-state index contributed by atoms with van der Waals surface area (Å²) in [5, 5.41) is 0. The summed E-state index contributed by atoms with van der Waals surface area (Å²) < 4.78 is 0. The Kier molecular flexibility index (Phi) is 4.29. The minimum absolute atomic E-state index is 0.444. The lowest BCUT2D eigenvalue weighted by Gasteiger charge is -2.27. The molecule has 0 bridgehead atoms. The first-order chi connectivity index (χ1) is 9.39. The third kappa shape index (κ3) is 3.29. The predicted molar refractivity (Wildman–Crippen MR) is 86.8 cm³/mol. The van der Waals surface area contributed by atoms with E-state index in [4.69, 9.17) is 5.73 Å². The fraction of sp³-hybridized carbons (Fsp3) is 0.368. The maximum atomic E-state index is 6.61. The van der Waals surface area contributed by atoms with Crippen LogP contribution in [0.15, 0.2) is 48.5 Å². The summed E-state index contributed by atoms with van der Waals surface area (Å²) in [6.07, 6.45) is 1.10. The fourth-order valence-corrected chi connectivity index (χ4v) is 2.56. The molecule has 1 nitrogen and oxygen atoms in total. The van der Waals surface area contributed by atoms with Gasteiger partial charge in [0.1, 0.15) is 0 Å². The smallest absolute Gasteiger partial charge is 0.0637 e. The third-order valence-corrected chi connectivity index (χ3v) is 3.82. The molecule has 0 radical (unpaired) electrons. The highest BCUT2D eigenvalue weighted by Gasteiger charge is 2.23. The normalized spacial score (nSPS) is 14.3. The molecule has 0 aromatic heterocycles. The van der Waals surface area contributed by atoms with Gasteiger partial charge in [-0.3, -0.25) is 0 Å². The predicted octanol–water partition coefficient (Wildman–Crippen LogP) is 4.42. The molecule has 0 spiro atoms. The third-order valence-electron chi connectivity index (χ3n) is 3.82. The van der Waals surface area contributed by atoms with Gasteiger partial charge in [0, 0.05) is 0 Å². The Morgan fingerprint density at radius 2 is 1.65 bits per heavy atom. The van der Waals surface area contributed by atoms with Gasteiger partial charge in [-0.05, 0) is 42.9 Å². The van der Waals surface area contributed by atoms with Gasteiger partial charge < -0.3 is 5.73 Å². The van der Waals surface area contributed by atoms with E-state index in [1.165, 1.54) is 16.7 Å². The maximum Gasteiger partial charge on any atom is 0.0637 e.